The van der Waals surface area contributed by atoms with E-state index in [0.29, 0.717) is 13.1 Å². The summed E-state index contributed by atoms with van der Waals surface area (Å²) in [4.78, 5) is 11.7. The van der Waals surface area contributed by atoms with Crippen molar-refractivity contribution in [3.05, 3.63) is 34.9 Å². The number of amides is 1. The van der Waals surface area contributed by atoms with Crippen LogP contribution in [0.1, 0.15) is 18.4 Å². The molecule has 1 amide bonds. The zero-order valence-corrected chi connectivity index (χ0v) is 13.7. The van der Waals surface area contributed by atoms with Crippen molar-refractivity contribution in [3.63, 3.8) is 0 Å². The molecule has 1 heterocycles. The average Bonchev–Trinajstić information content (AvgIpc) is 2.47. The third-order valence-corrected chi connectivity index (χ3v) is 4.12. The Morgan fingerprint density at radius 2 is 1.90 bits per heavy atom. The van der Waals surface area contributed by atoms with E-state index in [1.54, 1.807) is 7.05 Å². The van der Waals surface area contributed by atoms with Gasteiger partial charge in [0.15, 0.2) is 0 Å². The summed E-state index contributed by atoms with van der Waals surface area (Å²) in [6.07, 6.45) is 1.82. The smallest absolute Gasteiger partial charge is 0.233 e. The number of halogens is 2. The van der Waals surface area contributed by atoms with E-state index in [2.05, 4.69) is 22.8 Å². The molecule has 0 spiro atoms. The van der Waals surface area contributed by atoms with Gasteiger partial charge in [0.05, 0.1) is 6.54 Å². The third kappa shape index (κ3) is 4.85. The van der Waals surface area contributed by atoms with E-state index in [9.17, 15) is 4.79 Å². The van der Waals surface area contributed by atoms with Crippen LogP contribution in [-0.2, 0) is 14.9 Å². The van der Waals surface area contributed by atoms with Crippen LogP contribution >= 0.6 is 24.0 Å². The van der Waals surface area contributed by atoms with Crippen molar-refractivity contribution in [2.45, 2.75) is 18.3 Å². The molecule has 0 saturated carbocycles. The molecule has 1 fully saturated rings. The fraction of sp³-hybridized carbons (Fsp3) is 0.533. The van der Waals surface area contributed by atoms with Gasteiger partial charge in [-0.05, 0) is 37.6 Å². The summed E-state index contributed by atoms with van der Waals surface area (Å²) in [7, 11) is 1.77. The summed E-state index contributed by atoms with van der Waals surface area (Å²) in [5, 5.41) is 6.61. The monoisotopic (exact) mass is 332 g/mol. The molecule has 2 rings (SSSR count). The van der Waals surface area contributed by atoms with Crippen LogP contribution in [0.2, 0.25) is 5.02 Å². The maximum Gasteiger partial charge on any atom is 0.233 e. The molecule has 0 aromatic heterocycles. The van der Waals surface area contributed by atoms with Gasteiger partial charge in [-0.1, -0.05) is 23.7 Å². The Labute approximate surface area is 137 Å². The number of carbonyl (C=O) groups excluding carboxylic acids is 1. The van der Waals surface area contributed by atoms with Gasteiger partial charge in [-0.25, -0.2) is 0 Å². The fourth-order valence-corrected chi connectivity index (χ4v) is 2.75. The second-order valence-corrected chi connectivity index (χ2v) is 5.64. The first-order chi connectivity index (χ1) is 9.66. The SMILES string of the molecule is CNCC(=O)NCC1(c2ccc(Cl)cc2)CCOCC1.Cl. The van der Waals surface area contributed by atoms with Gasteiger partial charge in [0.1, 0.15) is 0 Å². The van der Waals surface area contributed by atoms with E-state index in [1.165, 1.54) is 5.56 Å². The van der Waals surface area contributed by atoms with Crippen molar-refractivity contribution in [2.75, 3.05) is 33.4 Å². The van der Waals surface area contributed by atoms with Gasteiger partial charge in [0, 0.05) is 30.2 Å². The van der Waals surface area contributed by atoms with Crippen LogP contribution in [0.25, 0.3) is 0 Å². The zero-order chi connectivity index (χ0) is 14.4. The first-order valence-electron chi connectivity index (χ1n) is 6.91. The van der Waals surface area contributed by atoms with E-state index in [0.717, 1.165) is 31.1 Å². The number of hydrogen-bond donors (Lipinski definition) is 2. The van der Waals surface area contributed by atoms with Gasteiger partial charge in [-0.15, -0.1) is 12.4 Å². The summed E-state index contributed by atoms with van der Waals surface area (Å²) >= 11 is 5.96. The van der Waals surface area contributed by atoms with Gasteiger partial charge in [0.2, 0.25) is 5.91 Å². The van der Waals surface area contributed by atoms with E-state index in [4.69, 9.17) is 16.3 Å². The van der Waals surface area contributed by atoms with Gasteiger partial charge >= 0.3 is 0 Å². The minimum atomic E-state index is -0.0494. The number of nitrogens with one attached hydrogen (secondary N) is 2. The van der Waals surface area contributed by atoms with Gasteiger partial charge in [-0.3, -0.25) is 4.79 Å². The highest BCUT2D eigenvalue weighted by Gasteiger charge is 2.34. The molecule has 0 unspecified atom stereocenters. The zero-order valence-electron chi connectivity index (χ0n) is 12.2. The van der Waals surface area contributed by atoms with Crippen LogP contribution in [0.15, 0.2) is 24.3 Å². The van der Waals surface area contributed by atoms with Crippen LogP contribution in [0, 0.1) is 0 Å². The van der Waals surface area contributed by atoms with Gasteiger partial charge in [0.25, 0.3) is 0 Å². The molecule has 0 bridgehead atoms. The second kappa shape index (κ2) is 8.59. The highest BCUT2D eigenvalue weighted by atomic mass is 35.5. The van der Waals surface area contributed by atoms with E-state index in [-0.39, 0.29) is 23.7 Å². The molecule has 1 saturated heterocycles. The minimum absolute atomic E-state index is 0. The molecule has 4 nitrogen and oxygen atoms in total. The van der Waals surface area contributed by atoms with E-state index in [1.807, 2.05) is 12.1 Å². The number of rotatable bonds is 5. The second-order valence-electron chi connectivity index (χ2n) is 5.21. The highest BCUT2D eigenvalue weighted by molar-refractivity contribution is 6.30. The maximum atomic E-state index is 11.7. The Morgan fingerprint density at radius 1 is 1.29 bits per heavy atom. The molecule has 6 heteroatoms. The molecular weight excluding hydrogens is 311 g/mol. The summed E-state index contributed by atoms with van der Waals surface area (Å²) in [6.45, 7) is 2.43. The Kier molecular flexibility index (Phi) is 7.46. The molecule has 2 N–H and O–H groups in total. The van der Waals surface area contributed by atoms with Crippen LogP contribution in [-0.4, -0.2) is 39.3 Å². The Hall–Kier alpha value is -0.810. The number of carbonyl (C=O) groups is 1. The van der Waals surface area contributed by atoms with Crippen molar-refractivity contribution >= 4 is 29.9 Å². The highest BCUT2D eigenvalue weighted by Crippen LogP contribution is 2.34. The van der Waals surface area contributed by atoms with E-state index < -0.39 is 0 Å². The number of benzene rings is 1. The first kappa shape index (κ1) is 18.2. The third-order valence-electron chi connectivity index (χ3n) is 3.87. The van der Waals surface area contributed by atoms with Crippen molar-refractivity contribution in [1.82, 2.24) is 10.6 Å². The summed E-state index contributed by atoms with van der Waals surface area (Å²) in [6, 6.07) is 7.92. The largest absolute Gasteiger partial charge is 0.381 e. The normalized spacial score (nSPS) is 16.9. The molecule has 0 aliphatic carbocycles. The lowest BCUT2D eigenvalue weighted by Gasteiger charge is -2.38. The standard InChI is InChI=1S/C15H21ClN2O2.ClH/c1-17-10-14(19)18-11-15(6-8-20-9-7-15)12-2-4-13(16)5-3-12;/h2-5,17H,6-11H2,1H3,(H,18,19);1H. The maximum absolute atomic E-state index is 11.7. The molecule has 1 aromatic carbocycles. The molecular formula is C15H22Cl2N2O2. The summed E-state index contributed by atoms with van der Waals surface area (Å²) in [5.74, 6) is 0.0207. The topological polar surface area (TPSA) is 50.4 Å². The lowest BCUT2D eigenvalue weighted by atomic mass is 9.74. The average molecular weight is 333 g/mol. The van der Waals surface area contributed by atoms with Crippen molar-refractivity contribution < 1.29 is 9.53 Å². The van der Waals surface area contributed by atoms with Crippen LogP contribution in [0.3, 0.4) is 0 Å². The quantitative estimate of drug-likeness (QED) is 0.868. The number of ether oxygens (including phenoxy) is 1. The molecule has 1 aromatic rings. The summed E-state index contributed by atoms with van der Waals surface area (Å²) < 4.78 is 5.47. The molecule has 21 heavy (non-hydrogen) atoms. The molecule has 0 radical (unpaired) electrons. The Morgan fingerprint density at radius 3 is 2.48 bits per heavy atom. The Balaban J connectivity index is 0.00000220. The van der Waals surface area contributed by atoms with Crippen LogP contribution < -0.4 is 10.6 Å². The van der Waals surface area contributed by atoms with Crippen LogP contribution in [0.5, 0.6) is 0 Å². The molecule has 1 aliphatic heterocycles. The number of likely N-dealkylation sites (N-methyl/N-ethyl adjacent to an activating group) is 1. The lowest BCUT2D eigenvalue weighted by molar-refractivity contribution is -0.120. The molecule has 1 aliphatic rings. The Bertz CT molecular complexity index is 445. The lowest BCUT2D eigenvalue weighted by Crippen LogP contribution is -2.46. The van der Waals surface area contributed by atoms with E-state index >= 15 is 0 Å². The van der Waals surface area contributed by atoms with Crippen molar-refractivity contribution in [2.24, 2.45) is 0 Å². The fourth-order valence-electron chi connectivity index (χ4n) is 2.62. The molecule has 118 valence electrons. The van der Waals surface area contributed by atoms with Gasteiger partial charge < -0.3 is 15.4 Å². The predicted molar refractivity (Wildman–Crippen MR) is 87.4 cm³/mol. The molecule has 0 atom stereocenters. The first-order valence-corrected chi connectivity index (χ1v) is 7.29. The predicted octanol–water partition coefficient (Wildman–Crippen LogP) is 2.15. The summed E-state index contributed by atoms with van der Waals surface area (Å²) in [5.41, 5.74) is 1.17. The van der Waals surface area contributed by atoms with Crippen LogP contribution in [0.4, 0.5) is 0 Å². The van der Waals surface area contributed by atoms with Crippen molar-refractivity contribution in [3.8, 4) is 0 Å². The number of hydrogen-bond acceptors (Lipinski definition) is 3. The minimum Gasteiger partial charge on any atom is -0.381 e. The van der Waals surface area contributed by atoms with Gasteiger partial charge in [-0.2, -0.15) is 0 Å². The van der Waals surface area contributed by atoms with Crippen molar-refractivity contribution in [1.29, 1.82) is 0 Å².